The highest BCUT2D eigenvalue weighted by Gasteiger charge is 2.21. The zero-order valence-electron chi connectivity index (χ0n) is 16.4. The number of ether oxygens (including phenoxy) is 3. The Morgan fingerprint density at radius 2 is 1.84 bits per heavy atom. The molecule has 25 heavy (non-hydrogen) atoms. The summed E-state index contributed by atoms with van der Waals surface area (Å²) in [5.74, 6) is 1.72. The minimum absolute atomic E-state index is 0.398. The van der Waals surface area contributed by atoms with Gasteiger partial charge in [-0.2, -0.15) is 0 Å². The third-order valence-corrected chi connectivity index (χ3v) is 5.14. The Labute approximate surface area is 153 Å². The lowest BCUT2D eigenvalue weighted by atomic mass is 9.96. The molecule has 0 aromatic heterocycles. The molecule has 3 rings (SSSR count). The maximum Gasteiger partial charge on any atom is 0.147 e. The highest BCUT2D eigenvalue weighted by atomic mass is 16.7. The molecule has 2 unspecified atom stereocenters. The fraction of sp³-hybridized carbons (Fsp3) is 0.727. The second-order valence-corrected chi connectivity index (χ2v) is 7.24. The van der Waals surface area contributed by atoms with Gasteiger partial charge >= 0.3 is 0 Å². The van der Waals surface area contributed by atoms with Gasteiger partial charge in [0, 0.05) is 11.1 Å². The van der Waals surface area contributed by atoms with Crippen molar-refractivity contribution in [2.75, 3.05) is 20.0 Å². The van der Waals surface area contributed by atoms with Gasteiger partial charge in [-0.15, -0.1) is 0 Å². The van der Waals surface area contributed by atoms with E-state index >= 15 is 0 Å². The summed E-state index contributed by atoms with van der Waals surface area (Å²) in [6.45, 7) is 8.85. The minimum Gasteiger partial charge on any atom is -0.493 e. The first-order chi connectivity index (χ1) is 12.3. The van der Waals surface area contributed by atoms with E-state index in [0.29, 0.717) is 18.8 Å². The van der Waals surface area contributed by atoms with Gasteiger partial charge in [0.05, 0.1) is 19.3 Å². The average molecular weight is 349 g/mol. The van der Waals surface area contributed by atoms with Crippen molar-refractivity contribution >= 4 is 0 Å². The Balaban J connectivity index is 0.000000185. The number of hydrogen-bond acceptors (Lipinski definition) is 3. The number of rotatable bonds is 10. The molecule has 0 amide bonds. The van der Waals surface area contributed by atoms with Gasteiger partial charge in [0.15, 0.2) is 0 Å². The maximum absolute atomic E-state index is 5.50. The Bertz CT molecular complexity index is 569. The molecule has 0 bridgehead atoms. The third kappa shape index (κ3) is 6.63. The molecular weight excluding hydrogens is 312 g/mol. The molecule has 0 radical (unpaired) electrons. The van der Waals surface area contributed by atoms with Crippen LogP contribution in [0.15, 0.2) is 18.2 Å². The summed E-state index contributed by atoms with van der Waals surface area (Å²) in [6.07, 6.45) is 10.8. The van der Waals surface area contributed by atoms with Gasteiger partial charge in [-0.1, -0.05) is 64.5 Å². The molecule has 2 atom stereocenters. The van der Waals surface area contributed by atoms with Gasteiger partial charge in [0.25, 0.3) is 0 Å². The van der Waals surface area contributed by atoms with Crippen LogP contribution in [0.3, 0.4) is 0 Å². The number of hydrogen-bond donors (Lipinski definition) is 0. The van der Waals surface area contributed by atoms with E-state index < -0.39 is 0 Å². The summed E-state index contributed by atoms with van der Waals surface area (Å²) in [7, 11) is 0. The van der Waals surface area contributed by atoms with Crippen LogP contribution in [0.1, 0.15) is 72.1 Å². The average Bonchev–Trinajstić information content (AvgIpc) is 2.61. The van der Waals surface area contributed by atoms with Crippen molar-refractivity contribution in [1.29, 1.82) is 0 Å². The van der Waals surface area contributed by atoms with Crippen LogP contribution in [-0.2, 0) is 9.47 Å². The molecule has 1 heterocycles. The lowest BCUT2D eigenvalue weighted by Crippen LogP contribution is -2.31. The SMILES string of the molecule is CCCCCCCC1COCOC1C.CCCCOc1cc2ccc1=2. The second kappa shape index (κ2) is 11.5. The van der Waals surface area contributed by atoms with E-state index in [2.05, 4.69) is 39.0 Å². The van der Waals surface area contributed by atoms with E-state index in [1.165, 1.54) is 55.4 Å². The molecule has 0 aromatic carbocycles. The topological polar surface area (TPSA) is 27.7 Å². The van der Waals surface area contributed by atoms with Gasteiger partial charge in [-0.25, -0.2) is 0 Å². The molecule has 1 aliphatic heterocycles. The first-order valence-corrected chi connectivity index (χ1v) is 10.2. The van der Waals surface area contributed by atoms with E-state index in [-0.39, 0.29) is 0 Å². The van der Waals surface area contributed by atoms with Gasteiger partial charge < -0.3 is 14.2 Å². The number of unbranched alkanes of at least 4 members (excludes halogenated alkanes) is 5. The van der Waals surface area contributed by atoms with Crippen LogP contribution in [0.4, 0.5) is 0 Å². The summed E-state index contributed by atoms with van der Waals surface area (Å²) >= 11 is 0. The molecular formula is C22H36O3. The molecule has 1 saturated heterocycles. The Morgan fingerprint density at radius 1 is 1.04 bits per heavy atom. The molecule has 2 aliphatic carbocycles. The van der Waals surface area contributed by atoms with Gasteiger partial charge in [-0.3, -0.25) is 0 Å². The van der Waals surface area contributed by atoms with Gasteiger partial charge in [-0.05, 0) is 31.1 Å². The lowest BCUT2D eigenvalue weighted by molar-refractivity contribution is -0.165. The highest BCUT2D eigenvalue weighted by molar-refractivity contribution is 5.38. The van der Waals surface area contributed by atoms with E-state index in [9.17, 15) is 0 Å². The van der Waals surface area contributed by atoms with Crippen LogP contribution < -0.4 is 4.74 Å². The predicted octanol–water partition coefficient (Wildman–Crippen LogP) is 5.82. The minimum atomic E-state index is 0.398. The smallest absolute Gasteiger partial charge is 0.147 e. The molecule has 142 valence electrons. The summed E-state index contributed by atoms with van der Waals surface area (Å²) in [4.78, 5) is 0. The second-order valence-electron chi connectivity index (χ2n) is 7.24. The van der Waals surface area contributed by atoms with Crippen LogP contribution in [0.5, 0.6) is 5.75 Å². The maximum atomic E-state index is 5.50. The molecule has 0 N–H and O–H groups in total. The molecule has 3 aliphatic rings. The van der Waals surface area contributed by atoms with Crippen molar-refractivity contribution in [1.82, 2.24) is 0 Å². The monoisotopic (exact) mass is 348 g/mol. The van der Waals surface area contributed by atoms with E-state index in [4.69, 9.17) is 14.2 Å². The van der Waals surface area contributed by atoms with Crippen LogP contribution >= 0.6 is 0 Å². The van der Waals surface area contributed by atoms with Crippen LogP contribution in [0.25, 0.3) is 0 Å². The predicted molar refractivity (Wildman–Crippen MR) is 103 cm³/mol. The molecule has 0 aromatic rings. The van der Waals surface area contributed by atoms with E-state index in [0.717, 1.165) is 25.4 Å². The summed E-state index contributed by atoms with van der Waals surface area (Å²) < 4.78 is 16.3. The van der Waals surface area contributed by atoms with Crippen molar-refractivity contribution in [2.45, 2.75) is 78.2 Å². The Kier molecular flexibility index (Phi) is 9.35. The van der Waals surface area contributed by atoms with Crippen LogP contribution in [0.2, 0.25) is 0 Å². The largest absolute Gasteiger partial charge is 0.493 e. The van der Waals surface area contributed by atoms with Crippen molar-refractivity contribution in [3.05, 3.63) is 28.6 Å². The molecule has 1 fully saturated rings. The summed E-state index contributed by atoms with van der Waals surface area (Å²) in [5, 5.41) is 2.68. The zero-order chi connectivity index (χ0) is 17.9. The summed E-state index contributed by atoms with van der Waals surface area (Å²) in [5.41, 5.74) is 0. The Hall–Kier alpha value is -1.06. The van der Waals surface area contributed by atoms with Crippen molar-refractivity contribution in [3.8, 4) is 5.75 Å². The normalized spacial score (nSPS) is 20.6. The highest BCUT2D eigenvalue weighted by Crippen LogP contribution is 2.24. The first kappa shape index (κ1) is 20.3. The number of benzene rings is 1. The molecule has 0 saturated carbocycles. The van der Waals surface area contributed by atoms with Gasteiger partial charge in [0.1, 0.15) is 12.5 Å². The first-order valence-electron chi connectivity index (χ1n) is 10.2. The lowest BCUT2D eigenvalue weighted by Gasteiger charge is -2.28. The third-order valence-electron chi connectivity index (χ3n) is 5.14. The van der Waals surface area contributed by atoms with Gasteiger partial charge in [0.2, 0.25) is 0 Å². The molecule has 3 nitrogen and oxygen atoms in total. The van der Waals surface area contributed by atoms with E-state index in [1.807, 2.05) is 0 Å². The zero-order valence-corrected chi connectivity index (χ0v) is 16.4. The quantitative estimate of drug-likeness (QED) is 0.506. The van der Waals surface area contributed by atoms with E-state index in [1.54, 1.807) is 0 Å². The van der Waals surface area contributed by atoms with Crippen molar-refractivity contribution in [2.24, 2.45) is 5.92 Å². The fourth-order valence-electron chi connectivity index (χ4n) is 3.15. The van der Waals surface area contributed by atoms with Crippen molar-refractivity contribution in [3.63, 3.8) is 0 Å². The standard InChI is InChI=1S/C12H24O2.C10H12O/c1-3-4-5-6-7-8-12-9-13-10-14-11(12)2;1-2-3-6-11-10-7-8-4-5-9(8)10/h11-12H,3-10H2,1-2H3;4-5,7H,2-3,6H2,1H3. The fourth-order valence-corrected chi connectivity index (χ4v) is 3.15. The van der Waals surface area contributed by atoms with Crippen molar-refractivity contribution < 1.29 is 14.2 Å². The molecule has 0 spiro atoms. The Morgan fingerprint density at radius 3 is 2.44 bits per heavy atom. The van der Waals surface area contributed by atoms with Crippen LogP contribution in [-0.4, -0.2) is 26.1 Å². The summed E-state index contributed by atoms with van der Waals surface area (Å²) in [6, 6.07) is 6.32. The van der Waals surface area contributed by atoms with Crippen LogP contribution in [0, 0.1) is 16.4 Å². The molecule has 3 heteroatoms.